The van der Waals surface area contributed by atoms with E-state index in [1.165, 1.54) is 0 Å². The highest BCUT2D eigenvalue weighted by Crippen LogP contribution is 2.23. The number of nitrogens with zero attached hydrogens (tertiary/aromatic N) is 1. The molecule has 0 aliphatic heterocycles. The predicted octanol–water partition coefficient (Wildman–Crippen LogP) is 4.23. The van der Waals surface area contributed by atoms with Crippen molar-refractivity contribution in [3.05, 3.63) is 57.7 Å². The van der Waals surface area contributed by atoms with Crippen molar-refractivity contribution < 1.29 is 4.79 Å². The summed E-state index contributed by atoms with van der Waals surface area (Å²) in [5, 5.41) is 11.0. The van der Waals surface area contributed by atoms with E-state index in [0.29, 0.717) is 16.3 Å². The van der Waals surface area contributed by atoms with Gasteiger partial charge in [0.1, 0.15) is 0 Å². The molecule has 0 spiro atoms. The Labute approximate surface area is 128 Å². The van der Waals surface area contributed by atoms with Crippen molar-refractivity contribution in [2.24, 2.45) is 0 Å². The van der Waals surface area contributed by atoms with Gasteiger partial charge in [-0.1, -0.05) is 27.5 Å². The van der Waals surface area contributed by atoms with E-state index in [4.69, 9.17) is 11.6 Å². The van der Waals surface area contributed by atoms with Gasteiger partial charge >= 0.3 is 0 Å². The van der Waals surface area contributed by atoms with Crippen LogP contribution in [0.4, 0.5) is 5.69 Å². The quantitative estimate of drug-likeness (QED) is 0.726. The highest BCUT2D eigenvalue weighted by molar-refractivity contribution is 9.10. The van der Waals surface area contributed by atoms with Crippen molar-refractivity contribution in [1.29, 1.82) is 0 Å². The van der Waals surface area contributed by atoms with Crippen molar-refractivity contribution in [3.8, 4) is 0 Å². The fraction of sp³-hybridized carbons (Fsp3) is 0. The summed E-state index contributed by atoms with van der Waals surface area (Å²) in [7, 11) is 0. The Morgan fingerprint density at radius 1 is 1.25 bits per heavy atom. The summed E-state index contributed by atoms with van der Waals surface area (Å²) in [6.45, 7) is 0. The highest BCUT2D eigenvalue weighted by atomic mass is 79.9. The summed E-state index contributed by atoms with van der Waals surface area (Å²) >= 11 is 9.36. The molecule has 20 heavy (non-hydrogen) atoms. The maximum Gasteiger partial charge on any atom is 0.257 e. The van der Waals surface area contributed by atoms with Gasteiger partial charge in [-0.25, -0.2) is 0 Å². The van der Waals surface area contributed by atoms with Gasteiger partial charge in [-0.05, 0) is 36.4 Å². The fourth-order valence-electron chi connectivity index (χ4n) is 1.89. The number of carbonyl (C=O) groups excluding carboxylic acids is 1. The summed E-state index contributed by atoms with van der Waals surface area (Å²) in [6, 6.07) is 10.7. The minimum absolute atomic E-state index is 0.251. The molecule has 2 aromatic carbocycles. The highest BCUT2D eigenvalue weighted by Gasteiger charge is 2.11. The van der Waals surface area contributed by atoms with Gasteiger partial charge in [0.2, 0.25) is 0 Å². The first-order valence-electron chi connectivity index (χ1n) is 5.83. The maximum absolute atomic E-state index is 12.2. The number of fused-ring (bicyclic) bond motifs is 1. The van der Waals surface area contributed by atoms with Crippen LogP contribution >= 0.6 is 27.5 Å². The summed E-state index contributed by atoms with van der Waals surface area (Å²) in [4.78, 5) is 12.2. The van der Waals surface area contributed by atoms with Crippen LogP contribution in [0.5, 0.6) is 0 Å². The third-order valence-electron chi connectivity index (χ3n) is 2.87. The van der Waals surface area contributed by atoms with E-state index in [1.807, 2.05) is 18.2 Å². The van der Waals surface area contributed by atoms with Crippen LogP contribution in [0, 0.1) is 0 Å². The lowest BCUT2D eigenvalue weighted by Gasteiger charge is -2.07. The van der Waals surface area contributed by atoms with Gasteiger partial charge in [0, 0.05) is 15.5 Å². The number of aromatic amines is 1. The molecule has 2 N–H and O–H groups in total. The zero-order valence-corrected chi connectivity index (χ0v) is 12.5. The molecule has 4 nitrogen and oxygen atoms in total. The number of hydrogen-bond acceptors (Lipinski definition) is 2. The molecule has 0 saturated heterocycles. The lowest BCUT2D eigenvalue weighted by atomic mass is 10.2. The second kappa shape index (κ2) is 5.26. The molecule has 100 valence electrons. The van der Waals surface area contributed by atoms with Crippen molar-refractivity contribution in [1.82, 2.24) is 10.2 Å². The van der Waals surface area contributed by atoms with Crippen LogP contribution in [-0.4, -0.2) is 16.1 Å². The van der Waals surface area contributed by atoms with Crippen molar-refractivity contribution >= 4 is 50.0 Å². The van der Waals surface area contributed by atoms with Crippen molar-refractivity contribution in [2.75, 3.05) is 5.32 Å². The molecule has 0 fully saturated rings. The Morgan fingerprint density at radius 2 is 2.10 bits per heavy atom. The largest absolute Gasteiger partial charge is 0.322 e. The standard InChI is InChI=1S/C14H9BrClN3O/c15-9-1-3-12(16)11(6-9)14(20)18-10-2-4-13-8(5-10)7-17-19-13/h1-7H,(H,17,19)(H,18,20). The molecule has 3 rings (SSSR count). The average Bonchev–Trinajstić information content (AvgIpc) is 2.89. The number of H-pyrrole nitrogens is 1. The van der Waals surface area contributed by atoms with Gasteiger partial charge in [-0.2, -0.15) is 5.10 Å². The first-order valence-corrected chi connectivity index (χ1v) is 7.00. The van der Waals surface area contributed by atoms with Crippen LogP contribution in [-0.2, 0) is 0 Å². The first-order chi connectivity index (χ1) is 9.63. The molecule has 0 aliphatic rings. The minimum atomic E-state index is -0.251. The average molecular weight is 351 g/mol. The number of hydrogen-bond donors (Lipinski definition) is 2. The summed E-state index contributed by atoms with van der Waals surface area (Å²) in [5.41, 5.74) is 2.04. The first kappa shape index (κ1) is 13.1. The van der Waals surface area contributed by atoms with Gasteiger partial charge in [-0.3, -0.25) is 9.89 Å². The second-order valence-corrected chi connectivity index (χ2v) is 5.57. The van der Waals surface area contributed by atoms with E-state index in [2.05, 4.69) is 31.4 Å². The minimum Gasteiger partial charge on any atom is -0.322 e. The van der Waals surface area contributed by atoms with Gasteiger partial charge in [0.25, 0.3) is 5.91 Å². The zero-order chi connectivity index (χ0) is 14.1. The number of amides is 1. The molecular formula is C14H9BrClN3O. The molecule has 0 radical (unpaired) electrons. The fourth-order valence-corrected chi connectivity index (χ4v) is 2.45. The Bertz CT molecular complexity index is 800. The van der Waals surface area contributed by atoms with E-state index in [0.717, 1.165) is 15.4 Å². The topological polar surface area (TPSA) is 57.8 Å². The summed E-state index contributed by atoms with van der Waals surface area (Å²) < 4.78 is 0.803. The van der Waals surface area contributed by atoms with Gasteiger partial charge < -0.3 is 5.32 Å². The molecule has 3 aromatic rings. The molecule has 6 heteroatoms. The summed E-state index contributed by atoms with van der Waals surface area (Å²) in [6.07, 6.45) is 1.71. The smallest absolute Gasteiger partial charge is 0.257 e. The van der Waals surface area contributed by atoms with Crippen molar-refractivity contribution in [2.45, 2.75) is 0 Å². The predicted molar refractivity (Wildman–Crippen MR) is 83.2 cm³/mol. The lowest BCUT2D eigenvalue weighted by Crippen LogP contribution is -2.12. The number of aromatic nitrogens is 2. The van der Waals surface area contributed by atoms with Crippen LogP contribution in [0.25, 0.3) is 10.9 Å². The molecule has 1 amide bonds. The number of carbonyl (C=O) groups is 1. The number of anilines is 1. The number of halogens is 2. The van der Waals surface area contributed by atoms with Crippen LogP contribution in [0.2, 0.25) is 5.02 Å². The Balaban J connectivity index is 1.89. The van der Waals surface area contributed by atoms with E-state index in [9.17, 15) is 4.79 Å². The Morgan fingerprint density at radius 3 is 2.95 bits per heavy atom. The SMILES string of the molecule is O=C(Nc1ccc2[nH]ncc2c1)c1cc(Br)ccc1Cl. The number of benzene rings is 2. The third kappa shape index (κ3) is 2.55. The third-order valence-corrected chi connectivity index (χ3v) is 3.69. The Hall–Kier alpha value is -1.85. The Kier molecular flexibility index (Phi) is 3.46. The molecule has 0 bridgehead atoms. The van der Waals surface area contributed by atoms with E-state index in [1.54, 1.807) is 24.4 Å². The van der Waals surface area contributed by atoms with Crippen LogP contribution in [0.3, 0.4) is 0 Å². The second-order valence-electron chi connectivity index (χ2n) is 4.25. The zero-order valence-electron chi connectivity index (χ0n) is 10.2. The molecule has 1 heterocycles. The molecule has 0 saturated carbocycles. The monoisotopic (exact) mass is 349 g/mol. The number of nitrogens with one attached hydrogen (secondary N) is 2. The van der Waals surface area contributed by atoms with Gasteiger partial charge in [0.05, 0.1) is 22.3 Å². The van der Waals surface area contributed by atoms with E-state index >= 15 is 0 Å². The molecule has 0 aliphatic carbocycles. The summed E-state index contributed by atoms with van der Waals surface area (Å²) in [5.74, 6) is -0.251. The normalized spacial score (nSPS) is 10.7. The van der Waals surface area contributed by atoms with Crippen LogP contribution in [0.1, 0.15) is 10.4 Å². The van der Waals surface area contributed by atoms with Crippen LogP contribution in [0.15, 0.2) is 47.1 Å². The van der Waals surface area contributed by atoms with Gasteiger partial charge in [-0.15, -0.1) is 0 Å². The lowest BCUT2D eigenvalue weighted by molar-refractivity contribution is 0.102. The molecule has 1 aromatic heterocycles. The molecule has 0 unspecified atom stereocenters. The molecule has 0 atom stereocenters. The van der Waals surface area contributed by atoms with E-state index < -0.39 is 0 Å². The van der Waals surface area contributed by atoms with E-state index in [-0.39, 0.29) is 5.91 Å². The van der Waals surface area contributed by atoms with Crippen LogP contribution < -0.4 is 5.32 Å². The molecular weight excluding hydrogens is 342 g/mol. The van der Waals surface area contributed by atoms with Crippen molar-refractivity contribution in [3.63, 3.8) is 0 Å². The van der Waals surface area contributed by atoms with Gasteiger partial charge in [0.15, 0.2) is 0 Å². The maximum atomic E-state index is 12.2. The number of rotatable bonds is 2.